The lowest BCUT2D eigenvalue weighted by Crippen LogP contribution is -2.47. The van der Waals surface area contributed by atoms with Crippen molar-refractivity contribution < 1.29 is 4.79 Å². The maximum atomic E-state index is 12.5. The Labute approximate surface area is 124 Å². The second-order valence-electron chi connectivity index (χ2n) is 5.52. The van der Waals surface area contributed by atoms with Crippen LogP contribution in [0.1, 0.15) is 18.4 Å². The molecule has 0 aromatic heterocycles. The van der Waals surface area contributed by atoms with Crippen LogP contribution in [0.2, 0.25) is 5.02 Å². The second-order valence-corrected chi connectivity index (χ2v) is 5.96. The van der Waals surface area contributed by atoms with Crippen LogP contribution in [0.25, 0.3) is 0 Å². The summed E-state index contributed by atoms with van der Waals surface area (Å²) in [5, 5.41) is 4.11. The number of benzene rings is 1. The van der Waals surface area contributed by atoms with Crippen molar-refractivity contribution >= 4 is 17.6 Å². The van der Waals surface area contributed by atoms with Crippen LogP contribution in [0.5, 0.6) is 0 Å². The molecule has 108 valence electrons. The van der Waals surface area contributed by atoms with E-state index in [1.165, 1.54) is 0 Å². The van der Waals surface area contributed by atoms with Gasteiger partial charge >= 0.3 is 6.03 Å². The van der Waals surface area contributed by atoms with Gasteiger partial charge in [-0.2, -0.15) is 0 Å². The van der Waals surface area contributed by atoms with Crippen LogP contribution in [0.15, 0.2) is 24.3 Å². The molecule has 2 aliphatic heterocycles. The molecule has 0 saturated carbocycles. The summed E-state index contributed by atoms with van der Waals surface area (Å²) in [5.74, 6) is 0. The molecule has 3 rings (SSSR count). The zero-order chi connectivity index (χ0) is 13.9. The highest BCUT2D eigenvalue weighted by Gasteiger charge is 2.33. The largest absolute Gasteiger partial charge is 0.320 e. The second kappa shape index (κ2) is 6.02. The van der Waals surface area contributed by atoms with E-state index in [1.54, 1.807) is 0 Å². The molecule has 0 aliphatic carbocycles. The fourth-order valence-corrected chi connectivity index (χ4v) is 3.12. The molecule has 0 radical (unpaired) electrons. The van der Waals surface area contributed by atoms with Gasteiger partial charge in [0.15, 0.2) is 0 Å². The van der Waals surface area contributed by atoms with E-state index in [0.717, 1.165) is 49.6 Å². The first kappa shape index (κ1) is 13.7. The van der Waals surface area contributed by atoms with Gasteiger partial charge in [0, 0.05) is 37.2 Å². The lowest BCUT2D eigenvalue weighted by Gasteiger charge is -2.31. The third-order valence-corrected chi connectivity index (χ3v) is 4.38. The molecule has 2 aliphatic rings. The van der Waals surface area contributed by atoms with Crippen LogP contribution in [-0.4, -0.2) is 48.1 Å². The molecule has 2 saturated heterocycles. The van der Waals surface area contributed by atoms with Crippen molar-refractivity contribution in [2.45, 2.75) is 25.4 Å². The first-order valence-corrected chi connectivity index (χ1v) is 7.62. The molecule has 2 fully saturated rings. The topological polar surface area (TPSA) is 35.6 Å². The molecule has 0 bridgehead atoms. The molecule has 2 amide bonds. The number of carbonyl (C=O) groups is 1. The van der Waals surface area contributed by atoms with Crippen molar-refractivity contribution in [2.75, 3.05) is 26.2 Å². The first-order chi connectivity index (χ1) is 9.74. The zero-order valence-corrected chi connectivity index (χ0v) is 12.3. The summed E-state index contributed by atoms with van der Waals surface area (Å²) < 4.78 is 0. The molecule has 1 atom stereocenters. The Morgan fingerprint density at radius 1 is 1.25 bits per heavy atom. The van der Waals surface area contributed by atoms with E-state index >= 15 is 0 Å². The highest BCUT2D eigenvalue weighted by molar-refractivity contribution is 6.30. The molecule has 2 heterocycles. The molecular formula is C15H20ClN3O. The van der Waals surface area contributed by atoms with Gasteiger partial charge in [-0.05, 0) is 37.1 Å². The Hall–Kier alpha value is -1.26. The molecule has 1 aromatic rings. The van der Waals surface area contributed by atoms with E-state index in [-0.39, 0.29) is 6.03 Å². The van der Waals surface area contributed by atoms with E-state index < -0.39 is 0 Å². The van der Waals surface area contributed by atoms with Crippen molar-refractivity contribution in [3.8, 4) is 0 Å². The van der Waals surface area contributed by atoms with E-state index in [2.05, 4.69) is 5.32 Å². The summed E-state index contributed by atoms with van der Waals surface area (Å²) in [6, 6.07) is 8.27. The molecule has 4 nitrogen and oxygen atoms in total. The zero-order valence-electron chi connectivity index (χ0n) is 11.5. The number of nitrogens with one attached hydrogen (secondary N) is 1. The highest BCUT2D eigenvalue weighted by atomic mass is 35.5. The number of halogens is 1. The van der Waals surface area contributed by atoms with Gasteiger partial charge in [-0.1, -0.05) is 23.7 Å². The van der Waals surface area contributed by atoms with Crippen LogP contribution >= 0.6 is 11.6 Å². The van der Waals surface area contributed by atoms with Crippen LogP contribution < -0.4 is 5.32 Å². The van der Waals surface area contributed by atoms with Gasteiger partial charge in [0.25, 0.3) is 0 Å². The Morgan fingerprint density at radius 3 is 2.75 bits per heavy atom. The minimum Gasteiger partial charge on any atom is -0.319 e. The third-order valence-electron chi connectivity index (χ3n) is 4.13. The number of carbonyl (C=O) groups excluding carboxylic acids is 1. The van der Waals surface area contributed by atoms with Crippen LogP contribution in [0, 0.1) is 0 Å². The summed E-state index contributed by atoms with van der Waals surface area (Å²) in [5.41, 5.74) is 1.13. The molecular weight excluding hydrogens is 274 g/mol. The normalized spacial score (nSPS) is 23.4. The van der Waals surface area contributed by atoms with Gasteiger partial charge in [-0.25, -0.2) is 4.79 Å². The summed E-state index contributed by atoms with van der Waals surface area (Å²) in [6.45, 7) is 4.34. The average Bonchev–Trinajstić information content (AvgIpc) is 2.84. The number of nitrogens with zero attached hydrogens (tertiary/aromatic N) is 2. The fourth-order valence-electron chi connectivity index (χ4n) is 3.00. The van der Waals surface area contributed by atoms with E-state index in [1.807, 2.05) is 34.1 Å². The van der Waals surface area contributed by atoms with Crippen molar-refractivity contribution in [3.63, 3.8) is 0 Å². The Balaban J connectivity index is 1.61. The van der Waals surface area contributed by atoms with E-state index in [0.29, 0.717) is 12.6 Å². The quantitative estimate of drug-likeness (QED) is 0.928. The van der Waals surface area contributed by atoms with Crippen molar-refractivity contribution in [3.05, 3.63) is 34.9 Å². The molecule has 1 N–H and O–H groups in total. The monoisotopic (exact) mass is 293 g/mol. The van der Waals surface area contributed by atoms with E-state index in [9.17, 15) is 4.79 Å². The Kier molecular flexibility index (Phi) is 4.13. The Morgan fingerprint density at radius 2 is 2.05 bits per heavy atom. The third kappa shape index (κ3) is 2.91. The minimum atomic E-state index is 0.175. The van der Waals surface area contributed by atoms with E-state index in [4.69, 9.17) is 11.6 Å². The predicted octanol–water partition coefficient (Wildman–Crippen LogP) is 2.33. The van der Waals surface area contributed by atoms with Gasteiger partial charge in [0.2, 0.25) is 0 Å². The maximum absolute atomic E-state index is 12.5. The molecule has 20 heavy (non-hydrogen) atoms. The molecule has 5 heteroatoms. The summed E-state index contributed by atoms with van der Waals surface area (Å²) in [6.07, 6.45) is 2.28. The minimum absolute atomic E-state index is 0.175. The van der Waals surface area contributed by atoms with Gasteiger partial charge < -0.3 is 15.1 Å². The molecule has 1 unspecified atom stereocenters. The van der Waals surface area contributed by atoms with Crippen molar-refractivity contribution in [1.29, 1.82) is 0 Å². The van der Waals surface area contributed by atoms with Crippen molar-refractivity contribution in [2.24, 2.45) is 0 Å². The lowest BCUT2D eigenvalue weighted by atomic mass is 10.1. The molecule has 1 aromatic carbocycles. The summed E-state index contributed by atoms with van der Waals surface area (Å²) in [7, 11) is 0. The van der Waals surface area contributed by atoms with Crippen molar-refractivity contribution in [1.82, 2.24) is 15.1 Å². The number of hydrogen-bond donors (Lipinski definition) is 1. The predicted molar refractivity (Wildman–Crippen MR) is 79.9 cm³/mol. The maximum Gasteiger partial charge on any atom is 0.320 e. The Bertz CT molecular complexity index is 471. The van der Waals surface area contributed by atoms with Gasteiger partial charge in [0.05, 0.1) is 0 Å². The number of hydrogen-bond acceptors (Lipinski definition) is 2. The van der Waals surface area contributed by atoms with Crippen LogP contribution in [-0.2, 0) is 6.54 Å². The first-order valence-electron chi connectivity index (χ1n) is 7.25. The average molecular weight is 294 g/mol. The van der Waals surface area contributed by atoms with Crippen LogP contribution in [0.4, 0.5) is 4.79 Å². The highest BCUT2D eigenvalue weighted by Crippen LogP contribution is 2.20. The fraction of sp³-hybridized carbons (Fsp3) is 0.533. The number of urea groups is 1. The number of piperidine rings is 1. The van der Waals surface area contributed by atoms with Gasteiger partial charge in [-0.3, -0.25) is 0 Å². The smallest absolute Gasteiger partial charge is 0.319 e. The SMILES string of the molecule is O=C1N(Cc2ccc(Cl)cc2)CCN1C1CCCNC1. The summed E-state index contributed by atoms with van der Waals surface area (Å²) in [4.78, 5) is 16.4. The number of amides is 2. The lowest BCUT2D eigenvalue weighted by molar-refractivity contribution is 0.166. The van der Waals surface area contributed by atoms with Gasteiger partial charge in [-0.15, -0.1) is 0 Å². The standard InChI is InChI=1S/C15H20ClN3O/c16-13-5-3-12(4-6-13)11-18-8-9-19(15(18)20)14-2-1-7-17-10-14/h3-6,14,17H,1-2,7-11H2. The van der Waals surface area contributed by atoms with Crippen LogP contribution in [0.3, 0.4) is 0 Å². The number of rotatable bonds is 3. The van der Waals surface area contributed by atoms with Gasteiger partial charge in [0.1, 0.15) is 0 Å². The summed E-state index contributed by atoms with van der Waals surface area (Å²) >= 11 is 5.89. The molecule has 0 spiro atoms.